The van der Waals surface area contributed by atoms with Crippen molar-refractivity contribution in [2.75, 3.05) is 11.9 Å². The third-order valence-corrected chi connectivity index (χ3v) is 6.83. The summed E-state index contributed by atoms with van der Waals surface area (Å²) in [5.74, 6) is 0.282. The molecule has 0 saturated heterocycles. The molecular formula is C25H24FN7S. The van der Waals surface area contributed by atoms with Crippen molar-refractivity contribution in [3.05, 3.63) is 78.0 Å². The first-order chi connectivity index (χ1) is 16.5. The average Bonchev–Trinajstić information content (AvgIpc) is 3.49. The molecule has 2 aromatic carbocycles. The smallest absolute Gasteiger partial charge is 0.223 e. The molecule has 0 radical (unpaired) electrons. The SMILES string of the molecule is Cc1cnc(NCCn2ccnn2)nc1-c1cc2cccc(-c3cc(F)ccc3C(C)N)c2s1. The summed E-state index contributed by atoms with van der Waals surface area (Å²) in [6, 6.07) is 12.8. The van der Waals surface area contributed by atoms with Crippen LogP contribution in [0.4, 0.5) is 10.3 Å². The first-order valence-electron chi connectivity index (χ1n) is 11.0. The number of thiophene rings is 1. The van der Waals surface area contributed by atoms with Gasteiger partial charge in [0.1, 0.15) is 5.82 Å². The number of anilines is 1. The van der Waals surface area contributed by atoms with Crippen LogP contribution in [0.1, 0.15) is 24.1 Å². The van der Waals surface area contributed by atoms with E-state index < -0.39 is 0 Å². The number of rotatable bonds is 7. The molecule has 7 nitrogen and oxygen atoms in total. The first kappa shape index (κ1) is 22.1. The van der Waals surface area contributed by atoms with Crippen LogP contribution in [0.2, 0.25) is 0 Å². The van der Waals surface area contributed by atoms with Gasteiger partial charge in [-0.1, -0.05) is 29.5 Å². The minimum absolute atomic E-state index is 0.208. The molecule has 0 aliphatic rings. The average molecular weight is 474 g/mol. The maximum Gasteiger partial charge on any atom is 0.223 e. The fraction of sp³-hybridized carbons (Fsp3) is 0.200. The van der Waals surface area contributed by atoms with E-state index in [9.17, 15) is 4.39 Å². The van der Waals surface area contributed by atoms with Gasteiger partial charge in [-0.15, -0.1) is 16.4 Å². The van der Waals surface area contributed by atoms with Gasteiger partial charge in [0.2, 0.25) is 5.95 Å². The summed E-state index contributed by atoms with van der Waals surface area (Å²) in [5, 5.41) is 12.1. The molecule has 5 aromatic rings. The van der Waals surface area contributed by atoms with Gasteiger partial charge in [-0.05, 0) is 59.7 Å². The van der Waals surface area contributed by atoms with Crippen molar-refractivity contribution in [1.82, 2.24) is 25.0 Å². The van der Waals surface area contributed by atoms with E-state index in [0.717, 1.165) is 42.9 Å². The highest BCUT2D eigenvalue weighted by atomic mass is 32.1. The minimum atomic E-state index is -0.276. The second-order valence-electron chi connectivity index (χ2n) is 8.17. The summed E-state index contributed by atoms with van der Waals surface area (Å²) in [6.07, 6.45) is 5.29. The van der Waals surface area contributed by atoms with Crippen LogP contribution in [-0.2, 0) is 6.54 Å². The van der Waals surface area contributed by atoms with Crippen LogP contribution >= 0.6 is 11.3 Å². The Morgan fingerprint density at radius 1 is 1.18 bits per heavy atom. The van der Waals surface area contributed by atoms with Crippen LogP contribution in [0, 0.1) is 12.7 Å². The maximum absolute atomic E-state index is 14.2. The van der Waals surface area contributed by atoms with E-state index in [2.05, 4.69) is 32.7 Å². The molecular weight excluding hydrogens is 449 g/mol. The van der Waals surface area contributed by atoms with Crippen LogP contribution in [-0.4, -0.2) is 31.5 Å². The van der Waals surface area contributed by atoms with Crippen molar-refractivity contribution >= 4 is 27.4 Å². The van der Waals surface area contributed by atoms with Crippen molar-refractivity contribution in [2.24, 2.45) is 5.73 Å². The second kappa shape index (κ2) is 9.28. The summed E-state index contributed by atoms with van der Waals surface area (Å²) in [7, 11) is 0. The Morgan fingerprint density at radius 3 is 2.85 bits per heavy atom. The molecule has 3 heterocycles. The van der Waals surface area contributed by atoms with Gasteiger partial charge in [0.25, 0.3) is 0 Å². The molecule has 0 fully saturated rings. The van der Waals surface area contributed by atoms with Gasteiger partial charge in [0, 0.05) is 29.7 Å². The number of fused-ring (bicyclic) bond motifs is 1. The van der Waals surface area contributed by atoms with Crippen LogP contribution in [0.5, 0.6) is 0 Å². The largest absolute Gasteiger partial charge is 0.352 e. The number of halogens is 1. The number of nitrogens with one attached hydrogen (secondary N) is 1. The number of aromatic nitrogens is 5. The predicted molar refractivity (Wildman–Crippen MR) is 134 cm³/mol. The highest BCUT2D eigenvalue weighted by Gasteiger charge is 2.16. The molecule has 3 aromatic heterocycles. The zero-order valence-corrected chi connectivity index (χ0v) is 19.7. The third kappa shape index (κ3) is 4.40. The van der Waals surface area contributed by atoms with Crippen molar-refractivity contribution in [2.45, 2.75) is 26.4 Å². The number of aryl methyl sites for hydroxylation is 1. The molecule has 0 amide bonds. The zero-order valence-electron chi connectivity index (χ0n) is 18.9. The van der Waals surface area contributed by atoms with Crippen LogP contribution < -0.4 is 11.1 Å². The van der Waals surface area contributed by atoms with Crippen molar-refractivity contribution in [3.8, 4) is 21.7 Å². The first-order valence-corrected chi connectivity index (χ1v) is 11.8. The van der Waals surface area contributed by atoms with Gasteiger partial charge in [-0.25, -0.2) is 14.4 Å². The number of nitrogens with two attached hydrogens (primary N) is 1. The number of benzene rings is 2. The quantitative estimate of drug-likeness (QED) is 0.338. The van der Waals surface area contributed by atoms with Gasteiger partial charge < -0.3 is 11.1 Å². The molecule has 0 spiro atoms. The molecule has 0 aliphatic heterocycles. The molecule has 172 valence electrons. The van der Waals surface area contributed by atoms with E-state index in [4.69, 9.17) is 10.7 Å². The monoisotopic (exact) mass is 473 g/mol. The number of hydrogen-bond donors (Lipinski definition) is 2. The molecule has 0 saturated carbocycles. The lowest BCUT2D eigenvalue weighted by Gasteiger charge is -2.14. The van der Waals surface area contributed by atoms with Crippen molar-refractivity contribution in [1.29, 1.82) is 0 Å². The molecule has 5 rings (SSSR count). The summed E-state index contributed by atoms with van der Waals surface area (Å²) >= 11 is 1.64. The summed E-state index contributed by atoms with van der Waals surface area (Å²) in [6.45, 7) is 5.20. The Bertz CT molecular complexity index is 1440. The molecule has 0 aliphatic carbocycles. The fourth-order valence-corrected chi connectivity index (χ4v) is 5.20. The highest BCUT2D eigenvalue weighted by molar-refractivity contribution is 7.22. The minimum Gasteiger partial charge on any atom is -0.352 e. The molecule has 3 N–H and O–H groups in total. The lowest BCUT2D eigenvalue weighted by Crippen LogP contribution is -2.13. The number of nitrogens with zero attached hydrogens (tertiary/aromatic N) is 5. The molecule has 1 atom stereocenters. The second-order valence-corrected chi connectivity index (χ2v) is 9.23. The van der Waals surface area contributed by atoms with E-state index in [-0.39, 0.29) is 11.9 Å². The van der Waals surface area contributed by atoms with Crippen LogP contribution in [0.3, 0.4) is 0 Å². The van der Waals surface area contributed by atoms with Gasteiger partial charge in [0.15, 0.2) is 0 Å². The number of hydrogen-bond acceptors (Lipinski definition) is 7. The van der Waals surface area contributed by atoms with E-state index >= 15 is 0 Å². The van der Waals surface area contributed by atoms with Crippen molar-refractivity contribution < 1.29 is 4.39 Å². The molecule has 1 unspecified atom stereocenters. The van der Waals surface area contributed by atoms with Crippen molar-refractivity contribution in [3.63, 3.8) is 0 Å². The van der Waals surface area contributed by atoms with Crippen LogP contribution in [0.15, 0.2) is 61.1 Å². The lowest BCUT2D eigenvalue weighted by atomic mass is 9.95. The van der Waals surface area contributed by atoms with E-state index in [1.165, 1.54) is 6.07 Å². The van der Waals surface area contributed by atoms with Gasteiger partial charge in [-0.3, -0.25) is 4.68 Å². The summed E-state index contributed by atoms with van der Waals surface area (Å²) < 4.78 is 17.0. The Balaban J connectivity index is 1.51. The Labute approximate surface area is 200 Å². The molecule has 9 heteroatoms. The Hall–Kier alpha value is -3.69. The predicted octanol–water partition coefficient (Wildman–Crippen LogP) is 5.20. The summed E-state index contributed by atoms with van der Waals surface area (Å²) in [4.78, 5) is 10.2. The Morgan fingerprint density at radius 2 is 2.06 bits per heavy atom. The zero-order chi connectivity index (χ0) is 23.7. The topological polar surface area (TPSA) is 94.5 Å². The van der Waals surface area contributed by atoms with E-state index in [0.29, 0.717) is 19.0 Å². The van der Waals surface area contributed by atoms with E-state index in [1.54, 1.807) is 34.3 Å². The van der Waals surface area contributed by atoms with Gasteiger partial charge >= 0.3 is 0 Å². The molecule has 0 bridgehead atoms. The lowest BCUT2D eigenvalue weighted by molar-refractivity contribution is 0.607. The third-order valence-electron chi connectivity index (χ3n) is 5.64. The van der Waals surface area contributed by atoms with E-state index in [1.807, 2.05) is 38.4 Å². The van der Waals surface area contributed by atoms with Gasteiger partial charge in [-0.2, -0.15) is 0 Å². The maximum atomic E-state index is 14.2. The highest BCUT2D eigenvalue weighted by Crippen LogP contribution is 2.41. The van der Waals surface area contributed by atoms with Crippen LogP contribution in [0.25, 0.3) is 31.8 Å². The fourth-order valence-electron chi connectivity index (χ4n) is 3.96. The van der Waals surface area contributed by atoms with Gasteiger partial charge in [0.05, 0.1) is 23.3 Å². The normalized spacial score (nSPS) is 12.2. The Kier molecular flexibility index (Phi) is 6.04. The standard InChI is InChI=1S/C25H24FN7S/c1-15-14-29-25(28-8-10-33-11-9-30-32-33)31-23(15)22-12-17-4-3-5-20(24(17)34-22)21-13-18(26)6-7-19(21)16(2)27/h3-7,9,11-14,16H,8,10,27H2,1-2H3,(H,28,29,31). The molecule has 34 heavy (non-hydrogen) atoms. The summed E-state index contributed by atoms with van der Waals surface area (Å²) in [5.41, 5.74) is 10.8.